The Labute approximate surface area is 122 Å². The summed E-state index contributed by atoms with van der Waals surface area (Å²) in [5.74, 6) is 4.76. The standard InChI is InChI=1S/C16H14FN3O/c1-11-7-15(5-4-12(11)3-2-6-18)20-16(21)13-8-14(17)10-19-9-13/h4-5,7-10H,6,18H2,1H3,(H,20,21). The van der Waals surface area contributed by atoms with Crippen LogP contribution in [-0.4, -0.2) is 17.4 Å². The summed E-state index contributed by atoms with van der Waals surface area (Å²) in [6.45, 7) is 2.18. The lowest BCUT2D eigenvalue weighted by Gasteiger charge is -2.07. The lowest BCUT2D eigenvalue weighted by atomic mass is 10.1. The Kier molecular flexibility index (Phi) is 4.64. The minimum Gasteiger partial charge on any atom is -0.322 e. The summed E-state index contributed by atoms with van der Waals surface area (Å²) in [4.78, 5) is 15.6. The van der Waals surface area contributed by atoms with E-state index in [0.29, 0.717) is 12.2 Å². The van der Waals surface area contributed by atoms with Crippen LogP contribution in [-0.2, 0) is 0 Å². The van der Waals surface area contributed by atoms with Crippen molar-refractivity contribution in [2.45, 2.75) is 6.92 Å². The molecule has 0 saturated carbocycles. The smallest absolute Gasteiger partial charge is 0.257 e. The highest BCUT2D eigenvalue weighted by atomic mass is 19.1. The van der Waals surface area contributed by atoms with Gasteiger partial charge in [-0.15, -0.1) is 0 Å². The summed E-state index contributed by atoms with van der Waals surface area (Å²) >= 11 is 0. The first-order valence-corrected chi connectivity index (χ1v) is 6.31. The SMILES string of the molecule is Cc1cc(NC(=O)c2cncc(F)c2)ccc1C#CCN. The van der Waals surface area contributed by atoms with Gasteiger partial charge < -0.3 is 11.1 Å². The molecule has 0 radical (unpaired) electrons. The third kappa shape index (κ3) is 3.88. The summed E-state index contributed by atoms with van der Waals surface area (Å²) in [6, 6.07) is 6.47. The number of halogens is 1. The van der Waals surface area contributed by atoms with Crippen molar-refractivity contribution in [2.75, 3.05) is 11.9 Å². The Morgan fingerprint density at radius 1 is 1.38 bits per heavy atom. The van der Waals surface area contributed by atoms with Crippen molar-refractivity contribution in [3.05, 3.63) is 59.2 Å². The molecule has 0 saturated heterocycles. The van der Waals surface area contributed by atoms with E-state index in [1.165, 1.54) is 6.20 Å². The molecule has 4 nitrogen and oxygen atoms in total. The second kappa shape index (κ2) is 6.64. The van der Waals surface area contributed by atoms with Gasteiger partial charge in [0.05, 0.1) is 18.3 Å². The second-order valence-corrected chi connectivity index (χ2v) is 4.38. The topological polar surface area (TPSA) is 68.0 Å². The van der Waals surface area contributed by atoms with E-state index in [2.05, 4.69) is 22.1 Å². The monoisotopic (exact) mass is 283 g/mol. The minimum absolute atomic E-state index is 0.166. The fraction of sp³-hybridized carbons (Fsp3) is 0.125. The maximum atomic E-state index is 13.0. The van der Waals surface area contributed by atoms with Crippen molar-refractivity contribution in [1.29, 1.82) is 0 Å². The Morgan fingerprint density at radius 2 is 2.19 bits per heavy atom. The van der Waals surface area contributed by atoms with Crippen molar-refractivity contribution in [1.82, 2.24) is 4.98 Å². The largest absolute Gasteiger partial charge is 0.322 e. The number of carbonyl (C=O) groups is 1. The Balaban J connectivity index is 2.17. The zero-order valence-electron chi connectivity index (χ0n) is 11.5. The van der Waals surface area contributed by atoms with Gasteiger partial charge in [-0.05, 0) is 36.8 Å². The Bertz CT molecular complexity index is 732. The first-order valence-electron chi connectivity index (χ1n) is 6.31. The van der Waals surface area contributed by atoms with Crippen LogP contribution in [0.15, 0.2) is 36.7 Å². The van der Waals surface area contributed by atoms with Gasteiger partial charge in [-0.25, -0.2) is 4.39 Å². The third-order valence-corrected chi connectivity index (χ3v) is 2.78. The van der Waals surface area contributed by atoms with Crippen LogP contribution in [0.2, 0.25) is 0 Å². The number of rotatable bonds is 2. The summed E-state index contributed by atoms with van der Waals surface area (Å²) in [6.07, 6.45) is 2.36. The van der Waals surface area contributed by atoms with Crippen LogP contribution in [0, 0.1) is 24.6 Å². The molecule has 0 spiro atoms. The number of anilines is 1. The summed E-state index contributed by atoms with van der Waals surface area (Å²) in [7, 11) is 0. The van der Waals surface area contributed by atoms with Gasteiger partial charge in [0.25, 0.3) is 5.91 Å². The van der Waals surface area contributed by atoms with E-state index < -0.39 is 11.7 Å². The van der Waals surface area contributed by atoms with Crippen molar-refractivity contribution < 1.29 is 9.18 Å². The molecule has 0 aliphatic heterocycles. The molecule has 1 amide bonds. The number of nitrogens with one attached hydrogen (secondary N) is 1. The molecule has 0 aliphatic rings. The van der Waals surface area contributed by atoms with Gasteiger partial charge in [0.15, 0.2) is 0 Å². The number of amides is 1. The van der Waals surface area contributed by atoms with E-state index in [9.17, 15) is 9.18 Å². The highest BCUT2D eigenvalue weighted by molar-refractivity contribution is 6.04. The van der Waals surface area contributed by atoms with E-state index in [4.69, 9.17) is 5.73 Å². The molecular weight excluding hydrogens is 269 g/mol. The third-order valence-electron chi connectivity index (χ3n) is 2.78. The zero-order chi connectivity index (χ0) is 15.2. The summed E-state index contributed by atoms with van der Waals surface area (Å²) in [5, 5.41) is 2.69. The van der Waals surface area contributed by atoms with Crippen molar-refractivity contribution in [3.8, 4) is 11.8 Å². The van der Waals surface area contributed by atoms with Crippen LogP contribution in [0.3, 0.4) is 0 Å². The number of carbonyl (C=O) groups excluding carboxylic acids is 1. The Hall–Kier alpha value is -2.71. The van der Waals surface area contributed by atoms with Gasteiger partial charge in [-0.2, -0.15) is 0 Å². The maximum absolute atomic E-state index is 13.0. The highest BCUT2D eigenvalue weighted by Gasteiger charge is 2.08. The number of benzene rings is 1. The normalized spacial score (nSPS) is 9.67. The molecule has 0 aliphatic carbocycles. The predicted molar refractivity (Wildman–Crippen MR) is 79.3 cm³/mol. The van der Waals surface area contributed by atoms with Crippen LogP contribution in [0.25, 0.3) is 0 Å². The molecular formula is C16H14FN3O. The van der Waals surface area contributed by atoms with Crippen LogP contribution < -0.4 is 11.1 Å². The molecule has 0 bridgehead atoms. The predicted octanol–water partition coefficient (Wildman–Crippen LogP) is 2.09. The lowest BCUT2D eigenvalue weighted by Crippen LogP contribution is -2.12. The number of nitrogens with zero attached hydrogens (tertiary/aromatic N) is 1. The molecule has 3 N–H and O–H groups in total. The zero-order valence-corrected chi connectivity index (χ0v) is 11.5. The number of hydrogen-bond donors (Lipinski definition) is 2. The molecule has 106 valence electrons. The molecule has 1 aromatic carbocycles. The van der Waals surface area contributed by atoms with Gasteiger partial charge in [0, 0.05) is 17.4 Å². The molecule has 5 heteroatoms. The first-order chi connectivity index (χ1) is 10.1. The molecule has 1 heterocycles. The van der Waals surface area contributed by atoms with Crippen LogP contribution >= 0.6 is 0 Å². The van der Waals surface area contributed by atoms with E-state index >= 15 is 0 Å². The average molecular weight is 283 g/mol. The van der Waals surface area contributed by atoms with Crippen LogP contribution in [0.5, 0.6) is 0 Å². The first kappa shape index (κ1) is 14.7. The van der Waals surface area contributed by atoms with Gasteiger partial charge in [-0.3, -0.25) is 9.78 Å². The van der Waals surface area contributed by atoms with Crippen molar-refractivity contribution >= 4 is 11.6 Å². The summed E-state index contributed by atoms with van der Waals surface area (Å²) in [5.41, 5.74) is 7.88. The molecule has 1 aromatic heterocycles. The Morgan fingerprint density at radius 3 is 2.86 bits per heavy atom. The number of nitrogens with two attached hydrogens (primary N) is 1. The van der Waals surface area contributed by atoms with E-state index in [1.54, 1.807) is 18.2 Å². The van der Waals surface area contributed by atoms with Crippen LogP contribution in [0.4, 0.5) is 10.1 Å². The molecule has 0 fully saturated rings. The molecule has 2 rings (SSSR count). The van der Waals surface area contributed by atoms with Gasteiger partial charge in [0.2, 0.25) is 0 Å². The van der Waals surface area contributed by atoms with E-state index in [-0.39, 0.29) is 5.56 Å². The van der Waals surface area contributed by atoms with Crippen molar-refractivity contribution in [3.63, 3.8) is 0 Å². The molecule has 0 atom stereocenters. The fourth-order valence-electron chi connectivity index (χ4n) is 1.77. The maximum Gasteiger partial charge on any atom is 0.257 e. The fourth-order valence-corrected chi connectivity index (χ4v) is 1.77. The van der Waals surface area contributed by atoms with Gasteiger partial charge >= 0.3 is 0 Å². The number of aryl methyl sites for hydroxylation is 1. The second-order valence-electron chi connectivity index (χ2n) is 4.38. The number of aromatic nitrogens is 1. The quantitative estimate of drug-likeness (QED) is 0.829. The van der Waals surface area contributed by atoms with Gasteiger partial charge in [0.1, 0.15) is 5.82 Å². The van der Waals surface area contributed by atoms with Crippen molar-refractivity contribution in [2.24, 2.45) is 5.73 Å². The average Bonchev–Trinajstić information content (AvgIpc) is 2.46. The van der Waals surface area contributed by atoms with Gasteiger partial charge in [-0.1, -0.05) is 11.8 Å². The minimum atomic E-state index is -0.550. The molecule has 21 heavy (non-hydrogen) atoms. The molecule has 0 unspecified atom stereocenters. The summed E-state index contributed by atoms with van der Waals surface area (Å²) < 4.78 is 13.0. The molecule has 2 aromatic rings. The highest BCUT2D eigenvalue weighted by Crippen LogP contribution is 2.15. The van der Waals surface area contributed by atoms with E-state index in [0.717, 1.165) is 23.4 Å². The number of hydrogen-bond acceptors (Lipinski definition) is 3. The lowest BCUT2D eigenvalue weighted by molar-refractivity contribution is 0.102. The van der Waals surface area contributed by atoms with Crippen LogP contribution in [0.1, 0.15) is 21.5 Å². The van der Waals surface area contributed by atoms with E-state index in [1.807, 2.05) is 6.92 Å². The number of pyridine rings is 1.